The minimum Gasteiger partial charge on any atom is -0.298 e. The summed E-state index contributed by atoms with van der Waals surface area (Å²) >= 11 is 1.32. The van der Waals surface area contributed by atoms with Gasteiger partial charge in [-0.25, -0.2) is 13.4 Å². The Kier molecular flexibility index (Phi) is 4.20. The maximum Gasteiger partial charge on any atom is 0.257 e. The lowest BCUT2D eigenvalue weighted by molar-refractivity contribution is 0.102. The summed E-state index contributed by atoms with van der Waals surface area (Å²) in [7, 11) is -3.31. The molecule has 1 aromatic heterocycles. The molecule has 0 aliphatic rings. The maximum absolute atomic E-state index is 12.0. The predicted molar refractivity (Wildman–Crippen MR) is 78.8 cm³/mol. The van der Waals surface area contributed by atoms with E-state index in [-0.39, 0.29) is 10.8 Å². The molecule has 0 aliphatic heterocycles. The molecule has 5 nitrogen and oxygen atoms in total. The highest BCUT2D eigenvalue weighted by Gasteiger charge is 2.19. The number of sulfone groups is 1. The zero-order chi connectivity index (χ0) is 14.8. The Labute approximate surface area is 121 Å². The molecule has 20 heavy (non-hydrogen) atoms. The fourth-order valence-electron chi connectivity index (χ4n) is 1.52. The molecule has 0 saturated heterocycles. The van der Waals surface area contributed by atoms with Gasteiger partial charge in [-0.1, -0.05) is 0 Å². The smallest absolute Gasteiger partial charge is 0.257 e. The molecule has 2 aromatic rings. The Morgan fingerprint density at radius 3 is 2.40 bits per heavy atom. The first-order valence-electron chi connectivity index (χ1n) is 5.96. The van der Waals surface area contributed by atoms with E-state index < -0.39 is 15.1 Å². The van der Waals surface area contributed by atoms with Crippen LogP contribution < -0.4 is 5.32 Å². The molecule has 0 fully saturated rings. The lowest BCUT2D eigenvalue weighted by atomic mass is 10.2. The van der Waals surface area contributed by atoms with E-state index in [1.165, 1.54) is 35.6 Å². The first-order valence-corrected chi connectivity index (χ1v) is 8.38. The van der Waals surface area contributed by atoms with E-state index in [0.29, 0.717) is 10.7 Å². The molecule has 1 aromatic carbocycles. The second kappa shape index (κ2) is 5.72. The standard InChI is InChI=1S/C13H14N2O3S2/c1-9(2)20(17,18)11-5-3-10(4-6-11)12(16)15-13-14-7-8-19-13/h3-9H,1-2H3,(H,14,15,16). The van der Waals surface area contributed by atoms with Gasteiger partial charge in [-0.05, 0) is 38.1 Å². The second-order valence-electron chi connectivity index (χ2n) is 4.41. The van der Waals surface area contributed by atoms with Crippen molar-refractivity contribution >= 4 is 32.2 Å². The van der Waals surface area contributed by atoms with E-state index in [4.69, 9.17) is 0 Å². The summed E-state index contributed by atoms with van der Waals surface area (Å²) in [5.41, 5.74) is 0.392. The van der Waals surface area contributed by atoms with Crippen molar-refractivity contribution in [1.82, 2.24) is 4.98 Å². The third-order valence-electron chi connectivity index (χ3n) is 2.72. The van der Waals surface area contributed by atoms with E-state index >= 15 is 0 Å². The lowest BCUT2D eigenvalue weighted by Crippen LogP contribution is -2.15. The van der Waals surface area contributed by atoms with Gasteiger partial charge in [0.1, 0.15) is 0 Å². The normalized spacial score (nSPS) is 11.6. The molecule has 2 rings (SSSR count). The van der Waals surface area contributed by atoms with Gasteiger partial charge < -0.3 is 0 Å². The molecular formula is C13H14N2O3S2. The number of anilines is 1. The largest absolute Gasteiger partial charge is 0.298 e. The highest BCUT2D eigenvalue weighted by atomic mass is 32.2. The van der Waals surface area contributed by atoms with Gasteiger partial charge in [0.15, 0.2) is 15.0 Å². The van der Waals surface area contributed by atoms with Gasteiger partial charge >= 0.3 is 0 Å². The fraction of sp³-hybridized carbons (Fsp3) is 0.231. The van der Waals surface area contributed by atoms with Crippen LogP contribution in [0.1, 0.15) is 24.2 Å². The second-order valence-corrected chi connectivity index (χ2v) is 7.81. The van der Waals surface area contributed by atoms with Crippen LogP contribution in [0.3, 0.4) is 0 Å². The molecule has 1 heterocycles. The summed E-state index contributed by atoms with van der Waals surface area (Å²) in [6.07, 6.45) is 1.60. The third-order valence-corrected chi connectivity index (χ3v) is 5.58. The van der Waals surface area contributed by atoms with Crippen LogP contribution in [0.15, 0.2) is 40.7 Å². The molecule has 0 radical (unpaired) electrons. The number of hydrogen-bond acceptors (Lipinski definition) is 5. The first-order chi connectivity index (χ1) is 9.41. The topological polar surface area (TPSA) is 76.1 Å². The van der Waals surface area contributed by atoms with Crippen molar-refractivity contribution in [2.24, 2.45) is 0 Å². The van der Waals surface area contributed by atoms with Crippen molar-refractivity contribution < 1.29 is 13.2 Å². The molecule has 0 unspecified atom stereocenters. The summed E-state index contributed by atoms with van der Waals surface area (Å²) in [4.78, 5) is 16.1. The van der Waals surface area contributed by atoms with Gasteiger partial charge in [0.2, 0.25) is 0 Å². The Morgan fingerprint density at radius 2 is 1.90 bits per heavy atom. The Balaban J connectivity index is 2.18. The number of carbonyl (C=O) groups excluding carboxylic acids is 1. The van der Waals surface area contributed by atoms with Crippen molar-refractivity contribution in [2.45, 2.75) is 24.0 Å². The average Bonchev–Trinajstić information content (AvgIpc) is 2.91. The molecule has 7 heteroatoms. The molecule has 0 spiro atoms. The van der Waals surface area contributed by atoms with Crippen LogP contribution in [0, 0.1) is 0 Å². The number of benzene rings is 1. The van der Waals surface area contributed by atoms with Crippen molar-refractivity contribution in [3.63, 3.8) is 0 Å². The number of nitrogens with one attached hydrogen (secondary N) is 1. The fourth-order valence-corrected chi connectivity index (χ4v) is 3.11. The minimum atomic E-state index is -3.31. The molecule has 106 valence electrons. The monoisotopic (exact) mass is 310 g/mol. The Morgan fingerprint density at radius 1 is 1.25 bits per heavy atom. The summed E-state index contributed by atoms with van der Waals surface area (Å²) in [6.45, 7) is 3.25. The molecule has 0 bridgehead atoms. The molecular weight excluding hydrogens is 296 g/mol. The minimum absolute atomic E-state index is 0.221. The number of thiazole rings is 1. The van der Waals surface area contributed by atoms with Crippen LogP contribution in [0.5, 0.6) is 0 Å². The van der Waals surface area contributed by atoms with Crippen LogP contribution in [0.4, 0.5) is 5.13 Å². The van der Waals surface area contributed by atoms with E-state index in [9.17, 15) is 13.2 Å². The molecule has 0 atom stereocenters. The summed E-state index contributed by atoms with van der Waals surface area (Å²) < 4.78 is 23.9. The van der Waals surface area contributed by atoms with E-state index in [1.807, 2.05) is 0 Å². The predicted octanol–water partition coefficient (Wildman–Crippen LogP) is 2.58. The average molecular weight is 310 g/mol. The van der Waals surface area contributed by atoms with Gasteiger partial charge in [0, 0.05) is 17.1 Å². The Bertz CT molecular complexity index is 690. The van der Waals surface area contributed by atoms with Crippen molar-refractivity contribution in [1.29, 1.82) is 0 Å². The molecule has 0 saturated carbocycles. The number of rotatable bonds is 4. The molecule has 1 amide bonds. The van der Waals surface area contributed by atoms with E-state index in [0.717, 1.165) is 0 Å². The van der Waals surface area contributed by atoms with Crippen LogP contribution in [-0.2, 0) is 9.84 Å². The van der Waals surface area contributed by atoms with Crippen molar-refractivity contribution in [3.8, 4) is 0 Å². The SMILES string of the molecule is CC(C)S(=O)(=O)c1ccc(C(=O)Nc2nccs2)cc1. The van der Waals surface area contributed by atoms with Crippen molar-refractivity contribution in [3.05, 3.63) is 41.4 Å². The van der Waals surface area contributed by atoms with Gasteiger partial charge in [-0.15, -0.1) is 11.3 Å². The zero-order valence-electron chi connectivity index (χ0n) is 11.0. The van der Waals surface area contributed by atoms with E-state index in [2.05, 4.69) is 10.3 Å². The maximum atomic E-state index is 12.0. The summed E-state index contributed by atoms with van der Waals surface area (Å²) in [6, 6.07) is 5.90. The summed E-state index contributed by atoms with van der Waals surface area (Å²) in [5.74, 6) is -0.312. The van der Waals surface area contributed by atoms with Crippen molar-refractivity contribution in [2.75, 3.05) is 5.32 Å². The number of carbonyl (C=O) groups is 1. The number of aromatic nitrogens is 1. The van der Waals surface area contributed by atoms with Gasteiger partial charge in [0.05, 0.1) is 10.1 Å². The number of nitrogens with zero attached hydrogens (tertiary/aromatic N) is 1. The van der Waals surface area contributed by atoms with Gasteiger partial charge in [0.25, 0.3) is 5.91 Å². The number of hydrogen-bond donors (Lipinski definition) is 1. The lowest BCUT2D eigenvalue weighted by Gasteiger charge is -2.08. The molecule has 1 N–H and O–H groups in total. The van der Waals surface area contributed by atoms with E-state index in [1.54, 1.807) is 25.4 Å². The first kappa shape index (κ1) is 14.7. The Hall–Kier alpha value is -1.73. The van der Waals surface area contributed by atoms with Crippen LogP contribution in [0.2, 0.25) is 0 Å². The quantitative estimate of drug-likeness (QED) is 0.941. The van der Waals surface area contributed by atoms with Crippen LogP contribution in [-0.4, -0.2) is 24.6 Å². The van der Waals surface area contributed by atoms with Gasteiger partial charge in [-0.2, -0.15) is 0 Å². The highest BCUT2D eigenvalue weighted by Crippen LogP contribution is 2.17. The number of amides is 1. The zero-order valence-corrected chi connectivity index (χ0v) is 12.7. The van der Waals surface area contributed by atoms with Gasteiger partial charge in [-0.3, -0.25) is 10.1 Å². The van der Waals surface area contributed by atoms with Crippen LogP contribution in [0.25, 0.3) is 0 Å². The molecule has 0 aliphatic carbocycles. The third kappa shape index (κ3) is 3.05. The van der Waals surface area contributed by atoms with Crippen LogP contribution >= 0.6 is 11.3 Å². The summed E-state index contributed by atoms with van der Waals surface area (Å²) in [5, 5.41) is 4.42. The highest BCUT2D eigenvalue weighted by molar-refractivity contribution is 7.92.